The van der Waals surface area contributed by atoms with Gasteiger partial charge in [0.25, 0.3) is 0 Å². The van der Waals surface area contributed by atoms with Crippen LogP contribution in [-0.4, -0.2) is 41.2 Å². The second-order valence-corrected chi connectivity index (χ2v) is 6.44. The molecule has 1 aliphatic rings. The molecule has 5 nitrogen and oxygen atoms in total. The molecule has 3 heterocycles. The Morgan fingerprint density at radius 2 is 2.22 bits per heavy atom. The highest BCUT2D eigenvalue weighted by atomic mass is 32.1. The second-order valence-electron chi connectivity index (χ2n) is 5.49. The number of thiophene rings is 1. The van der Waals surface area contributed by atoms with Crippen LogP contribution in [-0.2, 0) is 4.79 Å². The summed E-state index contributed by atoms with van der Waals surface area (Å²) in [6.45, 7) is 2.16. The first-order valence-electron chi connectivity index (χ1n) is 7.72. The predicted octanol–water partition coefficient (Wildman–Crippen LogP) is 2.28. The summed E-state index contributed by atoms with van der Waals surface area (Å²) in [5.74, 6) is 0.0756. The number of carbonyl (C=O) groups is 2. The smallest absolute Gasteiger partial charge is 0.223 e. The average molecular weight is 329 g/mol. The molecule has 0 bridgehead atoms. The first kappa shape index (κ1) is 15.8. The van der Waals surface area contributed by atoms with E-state index in [2.05, 4.69) is 10.3 Å². The van der Waals surface area contributed by atoms with Crippen LogP contribution in [0.5, 0.6) is 0 Å². The molecule has 0 saturated carbocycles. The number of nitrogens with one attached hydrogen (secondary N) is 1. The monoisotopic (exact) mass is 329 g/mol. The van der Waals surface area contributed by atoms with E-state index in [-0.39, 0.29) is 30.6 Å². The normalized spacial score (nSPS) is 17.9. The van der Waals surface area contributed by atoms with Gasteiger partial charge in [0.15, 0.2) is 5.78 Å². The van der Waals surface area contributed by atoms with Crippen LogP contribution in [0.15, 0.2) is 42.0 Å². The standard InChI is InChI=1S/C17H19N3O2S/c21-15(16-4-2-10-23-16)5-6-17(22)20-9-8-19-12-14(20)13-3-1-7-18-11-13/h1-4,7,10-11,14,19H,5-6,8-9,12H2. The zero-order valence-electron chi connectivity index (χ0n) is 12.8. The Balaban J connectivity index is 1.63. The lowest BCUT2D eigenvalue weighted by Gasteiger charge is -2.36. The maximum Gasteiger partial charge on any atom is 0.223 e. The minimum absolute atomic E-state index is 0.0122. The van der Waals surface area contributed by atoms with Crippen LogP contribution >= 0.6 is 11.3 Å². The van der Waals surface area contributed by atoms with E-state index in [1.807, 2.05) is 28.5 Å². The first-order chi connectivity index (χ1) is 11.3. The summed E-state index contributed by atoms with van der Waals surface area (Å²) in [7, 11) is 0. The van der Waals surface area contributed by atoms with Crippen molar-refractivity contribution in [3.8, 4) is 0 Å². The molecule has 0 aliphatic carbocycles. The molecule has 1 aliphatic heterocycles. The number of pyridine rings is 1. The molecule has 2 aromatic heterocycles. The number of hydrogen-bond donors (Lipinski definition) is 1. The quantitative estimate of drug-likeness (QED) is 0.855. The number of piperazine rings is 1. The second kappa shape index (κ2) is 7.48. The number of rotatable bonds is 5. The third-order valence-electron chi connectivity index (χ3n) is 3.99. The minimum Gasteiger partial charge on any atom is -0.333 e. The molecular weight excluding hydrogens is 310 g/mol. The fraction of sp³-hybridized carbons (Fsp3) is 0.353. The molecule has 1 saturated heterocycles. The fourth-order valence-corrected chi connectivity index (χ4v) is 3.49. The zero-order valence-corrected chi connectivity index (χ0v) is 13.6. The molecule has 120 valence electrons. The molecule has 1 unspecified atom stereocenters. The van der Waals surface area contributed by atoms with E-state index in [1.54, 1.807) is 18.5 Å². The molecule has 3 rings (SSSR count). The van der Waals surface area contributed by atoms with Crippen LogP contribution < -0.4 is 5.32 Å². The van der Waals surface area contributed by atoms with E-state index in [4.69, 9.17) is 0 Å². The number of Topliss-reactive ketones (excluding diaryl/α,β-unsaturated/α-hetero) is 1. The summed E-state index contributed by atoms with van der Waals surface area (Å²) in [5.41, 5.74) is 1.03. The van der Waals surface area contributed by atoms with E-state index >= 15 is 0 Å². The maximum atomic E-state index is 12.6. The highest BCUT2D eigenvalue weighted by molar-refractivity contribution is 7.12. The number of ketones is 1. The summed E-state index contributed by atoms with van der Waals surface area (Å²) in [5, 5.41) is 5.20. The van der Waals surface area contributed by atoms with Crippen molar-refractivity contribution < 1.29 is 9.59 Å². The third kappa shape index (κ3) is 3.83. The Bertz CT molecular complexity index is 658. The van der Waals surface area contributed by atoms with Crippen LogP contribution in [0.4, 0.5) is 0 Å². The molecule has 6 heteroatoms. The van der Waals surface area contributed by atoms with Gasteiger partial charge in [-0.05, 0) is 23.1 Å². The van der Waals surface area contributed by atoms with E-state index in [0.29, 0.717) is 6.54 Å². The van der Waals surface area contributed by atoms with Gasteiger partial charge in [0.2, 0.25) is 5.91 Å². The Morgan fingerprint density at radius 3 is 2.96 bits per heavy atom. The van der Waals surface area contributed by atoms with E-state index < -0.39 is 0 Å². The Hall–Kier alpha value is -2.05. The van der Waals surface area contributed by atoms with Gasteiger partial charge in [0, 0.05) is 44.9 Å². The molecule has 0 spiro atoms. The lowest BCUT2D eigenvalue weighted by molar-refractivity contribution is -0.134. The van der Waals surface area contributed by atoms with Crippen molar-refractivity contribution in [2.24, 2.45) is 0 Å². The van der Waals surface area contributed by atoms with Crippen molar-refractivity contribution in [3.63, 3.8) is 0 Å². The number of nitrogens with zero attached hydrogens (tertiary/aromatic N) is 2. The van der Waals surface area contributed by atoms with Gasteiger partial charge in [-0.15, -0.1) is 11.3 Å². The highest BCUT2D eigenvalue weighted by Crippen LogP contribution is 2.23. The molecule has 0 aromatic carbocycles. The van der Waals surface area contributed by atoms with Crippen molar-refractivity contribution in [2.45, 2.75) is 18.9 Å². The zero-order chi connectivity index (χ0) is 16.1. The molecule has 1 N–H and O–H groups in total. The highest BCUT2D eigenvalue weighted by Gasteiger charge is 2.28. The molecular formula is C17H19N3O2S. The van der Waals surface area contributed by atoms with Crippen LogP contribution in [0, 0.1) is 0 Å². The van der Waals surface area contributed by atoms with Gasteiger partial charge >= 0.3 is 0 Å². The van der Waals surface area contributed by atoms with Gasteiger partial charge in [0.1, 0.15) is 0 Å². The van der Waals surface area contributed by atoms with E-state index in [0.717, 1.165) is 23.5 Å². The molecule has 2 aromatic rings. The van der Waals surface area contributed by atoms with Gasteiger partial charge in [-0.25, -0.2) is 0 Å². The largest absolute Gasteiger partial charge is 0.333 e. The summed E-state index contributed by atoms with van der Waals surface area (Å²) < 4.78 is 0. The summed E-state index contributed by atoms with van der Waals surface area (Å²) >= 11 is 1.42. The molecule has 1 amide bonds. The lowest BCUT2D eigenvalue weighted by Crippen LogP contribution is -2.48. The van der Waals surface area contributed by atoms with Crippen LogP contribution in [0.3, 0.4) is 0 Å². The molecule has 23 heavy (non-hydrogen) atoms. The van der Waals surface area contributed by atoms with Crippen LogP contribution in [0.2, 0.25) is 0 Å². The number of carbonyl (C=O) groups excluding carboxylic acids is 2. The maximum absolute atomic E-state index is 12.6. The lowest BCUT2D eigenvalue weighted by atomic mass is 10.0. The number of hydrogen-bond acceptors (Lipinski definition) is 5. The van der Waals surface area contributed by atoms with Gasteiger partial charge in [-0.3, -0.25) is 14.6 Å². The molecule has 0 radical (unpaired) electrons. The fourth-order valence-electron chi connectivity index (χ4n) is 2.80. The average Bonchev–Trinajstić information content (AvgIpc) is 3.15. The molecule has 1 fully saturated rings. The van der Waals surface area contributed by atoms with E-state index in [9.17, 15) is 9.59 Å². The SMILES string of the molecule is O=C(CCC(=O)N1CCNCC1c1cccnc1)c1cccs1. The van der Waals surface area contributed by atoms with Gasteiger partial charge in [0.05, 0.1) is 10.9 Å². The topological polar surface area (TPSA) is 62.3 Å². The van der Waals surface area contributed by atoms with Crippen molar-refractivity contribution in [2.75, 3.05) is 19.6 Å². The number of amides is 1. The van der Waals surface area contributed by atoms with Gasteiger partial charge < -0.3 is 10.2 Å². The van der Waals surface area contributed by atoms with Crippen LogP contribution in [0.25, 0.3) is 0 Å². The first-order valence-corrected chi connectivity index (χ1v) is 8.60. The predicted molar refractivity (Wildman–Crippen MR) is 89.4 cm³/mol. The summed E-state index contributed by atoms with van der Waals surface area (Å²) in [6.07, 6.45) is 4.05. The number of aromatic nitrogens is 1. The van der Waals surface area contributed by atoms with Crippen LogP contribution in [0.1, 0.15) is 34.1 Å². The van der Waals surface area contributed by atoms with Gasteiger partial charge in [-0.1, -0.05) is 12.1 Å². The Labute approximate surface area is 139 Å². The van der Waals surface area contributed by atoms with Crippen molar-refractivity contribution in [3.05, 3.63) is 52.5 Å². The van der Waals surface area contributed by atoms with Crippen molar-refractivity contribution in [1.29, 1.82) is 0 Å². The van der Waals surface area contributed by atoms with Crippen molar-refractivity contribution >= 4 is 23.0 Å². The molecule has 1 atom stereocenters. The minimum atomic E-state index is -0.0122. The van der Waals surface area contributed by atoms with E-state index in [1.165, 1.54) is 11.3 Å². The Morgan fingerprint density at radius 1 is 1.30 bits per heavy atom. The Kier molecular flexibility index (Phi) is 5.15. The van der Waals surface area contributed by atoms with Crippen molar-refractivity contribution in [1.82, 2.24) is 15.2 Å². The summed E-state index contributed by atoms with van der Waals surface area (Å²) in [4.78, 5) is 31.4. The third-order valence-corrected chi connectivity index (χ3v) is 4.91. The van der Waals surface area contributed by atoms with Gasteiger partial charge in [-0.2, -0.15) is 0 Å². The summed E-state index contributed by atoms with van der Waals surface area (Å²) in [6, 6.07) is 7.52.